The minimum absolute atomic E-state index is 0.0275. The average molecular weight is 247 g/mol. The largest absolute Gasteiger partial charge is 0.329 e. The lowest BCUT2D eigenvalue weighted by Gasteiger charge is -2.18. The summed E-state index contributed by atoms with van der Waals surface area (Å²) in [6, 6.07) is 5.04. The lowest BCUT2D eigenvalue weighted by molar-refractivity contribution is 0.529. The lowest BCUT2D eigenvalue weighted by atomic mass is 10.1. The lowest BCUT2D eigenvalue weighted by Crippen LogP contribution is -2.25. The van der Waals surface area contributed by atoms with Gasteiger partial charge in [-0.2, -0.15) is 0 Å². The molecule has 18 heavy (non-hydrogen) atoms. The molecule has 1 heterocycles. The van der Waals surface area contributed by atoms with Gasteiger partial charge in [0.05, 0.1) is 11.0 Å². The molecule has 3 rings (SSSR count). The minimum Gasteiger partial charge on any atom is -0.329 e. The van der Waals surface area contributed by atoms with Crippen molar-refractivity contribution in [3.8, 4) is 0 Å². The van der Waals surface area contributed by atoms with Crippen molar-refractivity contribution in [3.63, 3.8) is 0 Å². The third-order valence-corrected chi connectivity index (χ3v) is 3.89. The molecule has 0 amide bonds. The van der Waals surface area contributed by atoms with Gasteiger partial charge in [0.1, 0.15) is 11.6 Å². The SMILES string of the molecule is CC(C)n1c(C2(CN)CC2)nc2ccc(F)cc21. The van der Waals surface area contributed by atoms with E-state index in [9.17, 15) is 4.39 Å². The van der Waals surface area contributed by atoms with E-state index in [2.05, 4.69) is 18.4 Å². The second-order valence-corrected chi connectivity index (χ2v) is 5.52. The fourth-order valence-corrected chi connectivity index (χ4v) is 2.63. The second kappa shape index (κ2) is 3.79. The summed E-state index contributed by atoms with van der Waals surface area (Å²) in [5.41, 5.74) is 7.66. The van der Waals surface area contributed by atoms with Crippen LogP contribution in [-0.4, -0.2) is 16.1 Å². The number of nitrogens with zero attached hydrogens (tertiary/aromatic N) is 2. The molecule has 1 aromatic heterocycles. The van der Waals surface area contributed by atoms with Crippen LogP contribution in [0, 0.1) is 5.82 Å². The molecule has 0 atom stereocenters. The molecule has 0 unspecified atom stereocenters. The average Bonchev–Trinajstić information content (AvgIpc) is 3.04. The molecule has 2 N–H and O–H groups in total. The standard InChI is InChI=1S/C14H18FN3/c1-9(2)18-12-7-10(15)3-4-11(12)17-13(18)14(8-16)5-6-14/h3-4,7,9H,5-6,8,16H2,1-2H3. The van der Waals surface area contributed by atoms with Crippen molar-refractivity contribution in [1.82, 2.24) is 9.55 Å². The molecule has 0 saturated heterocycles. The zero-order valence-corrected chi connectivity index (χ0v) is 10.8. The van der Waals surface area contributed by atoms with Crippen molar-refractivity contribution in [2.45, 2.75) is 38.1 Å². The number of benzene rings is 1. The summed E-state index contributed by atoms with van der Waals surface area (Å²) in [7, 11) is 0. The third-order valence-electron chi connectivity index (χ3n) is 3.89. The Kier molecular flexibility index (Phi) is 2.45. The number of rotatable bonds is 3. The molecule has 2 aromatic rings. The van der Waals surface area contributed by atoms with Gasteiger partial charge in [0.2, 0.25) is 0 Å². The first-order valence-electron chi connectivity index (χ1n) is 6.45. The van der Waals surface area contributed by atoms with Gasteiger partial charge < -0.3 is 10.3 Å². The normalized spacial score (nSPS) is 17.6. The first-order valence-corrected chi connectivity index (χ1v) is 6.45. The molecular formula is C14H18FN3. The van der Waals surface area contributed by atoms with Crippen LogP contribution < -0.4 is 5.73 Å². The van der Waals surface area contributed by atoms with E-state index in [1.807, 2.05) is 0 Å². The summed E-state index contributed by atoms with van der Waals surface area (Å²) < 4.78 is 15.6. The number of imidazole rings is 1. The number of hydrogen-bond acceptors (Lipinski definition) is 2. The molecule has 1 saturated carbocycles. The predicted octanol–water partition coefficient (Wildman–Crippen LogP) is 2.75. The van der Waals surface area contributed by atoms with Crippen LogP contribution in [0.3, 0.4) is 0 Å². The highest BCUT2D eigenvalue weighted by Crippen LogP contribution is 2.48. The smallest absolute Gasteiger partial charge is 0.125 e. The monoisotopic (exact) mass is 247 g/mol. The quantitative estimate of drug-likeness (QED) is 0.906. The Morgan fingerprint density at radius 1 is 1.44 bits per heavy atom. The summed E-state index contributed by atoms with van der Waals surface area (Å²) in [4.78, 5) is 4.70. The fraction of sp³-hybridized carbons (Fsp3) is 0.500. The van der Waals surface area contributed by atoms with E-state index in [1.165, 1.54) is 6.07 Å². The molecule has 3 nitrogen and oxygen atoms in total. The fourth-order valence-electron chi connectivity index (χ4n) is 2.63. The molecule has 1 aliphatic rings. The van der Waals surface area contributed by atoms with Crippen LogP contribution in [0.2, 0.25) is 0 Å². The predicted molar refractivity (Wildman–Crippen MR) is 70.0 cm³/mol. The van der Waals surface area contributed by atoms with E-state index < -0.39 is 0 Å². The van der Waals surface area contributed by atoms with Gasteiger partial charge in [0.15, 0.2) is 0 Å². The van der Waals surface area contributed by atoms with Crippen LogP contribution in [0.4, 0.5) is 4.39 Å². The van der Waals surface area contributed by atoms with E-state index in [0.29, 0.717) is 6.54 Å². The highest BCUT2D eigenvalue weighted by molar-refractivity contribution is 5.76. The molecule has 0 aliphatic heterocycles. The number of hydrogen-bond donors (Lipinski definition) is 1. The van der Waals surface area contributed by atoms with E-state index in [1.54, 1.807) is 12.1 Å². The Morgan fingerprint density at radius 2 is 2.17 bits per heavy atom. The van der Waals surface area contributed by atoms with Gasteiger partial charge in [0.25, 0.3) is 0 Å². The molecular weight excluding hydrogens is 229 g/mol. The molecule has 1 aromatic carbocycles. The van der Waals surface area contributed by atoms with Crippen LogP contribution >= 0.6 is 0 Å². The first-order chi connectivity index (χ1) is 8.57. The van der Waals surface area contributed by atoms with Gasteiger partial charge in [-0.05, 0) is 44.9 Å². The summed E-state index contributed by atoms with van der Waals surface area (Å²) >= 11 is 0. The van der Waals surface area contributed by atoms with Gasteiger partial charge >= 0.3 is 0 Å². The summed E-state index contributed by atoms with van der Waals surface area (Å²) in [6.07, 6.45) is 2.17. The van der Waals surface area contributed by atoms with Crippen molar-refractivity contribution < 1.29 is 4.39 Å². The van der Waals surface area contributed by atoms with E-state index >= 15 is 0 Å². The van der Waals surface area contributed by atoms with Gasteiger partial charge in [-0.15, -0.1) is 0 Å². The highest BCUT2D eigenvalue weighted by Gasteiger charge is 2.47. The molecule has 96 valence electrons. The Hall–Kier alpha value is -1.42. The van der Waals surface area contributed by atoms with Crippen molar-refractivity contribution in [2.75, 3.05) is 6.54 Å². The maximum atomic E-state index is 13.4. The second-order valence-electron chi connectivity index (χ2n) is 5.52. The summed E-state index contributed by atoms with van der Waals surface area (Å²) in [6.45, 7) is 4.82. The topological polar surface area (TPSA) is 43.8 Å². The molecule has 0 spiro atoms. The van der Waals surface area contributed by atoms with E-state index in [0.717, 1.165) is 29.7 Å². The van der Waals surface area contributed by atoms with Gasteiger partial charge in [-0.25, -0.2) is 9.37 Å². The number of fused-ring (bicyclic) bond motifs is 1. The number of halogens is 1. The molecule has 0 radical (unpaired) electrons. The van der Waals surface area contributed by atoms with Crippen LogP contribution in [0.15, 0.2) is 18.2 Å². The van der Waals surface area contributed by atoms with Crippen molar-refractivity contribution in [3.05, 3.63) is 29.8 Å². The van der Waals surface area contributed by atoms with Crippen LogP contribution in [-0.2, 0) is 5.41 Å². The molecule has 1 fully saturated rings. The van der Waals surface area contributed by atoms with Gasteiger partial charge in [-0.1, -0.05) is 0 Å². The highest BCUT2D eigenvalue weighted by atomic mass is 19.1. The molecule has 0 bridgehead atoms. The maximum Gasteiger partial charge on any atom is 0.125 e. The van der Waals surface area contributed by atoms with Crippen LogP contribution in [0.5, 0.6) is 0 Å². The number of nitrogens with two attached hydrogens (primary N) is 1. The van der Waals surface area contributed by atoms with Gasteiger partial charge in [-0.3, -0.25) is 0 Å². The van der Waals surface area contributed by atoms with Crippen molar-refractivity contribution in [1.29, 1.82) is 0 Å². The zero-order chi connectivity index (χ0) is 12.9. The summed E-state index contributed by atoms with van der Waals surface area (Å²) in [5.74, 6) is 0.814. The Bertz CT molecular complexity index is 596. The zero-order valence-electron chi connectivity index (χ0n) is 10.8. The molecule has 1 aliphatic carbocycles. The van der Waals surface area contributed by atoms with E-state index in [4.69, 9.17) is 10.7 Å². The first kappa shape index (κ1) is 11.7. The van der Waals surface area contributed by atoms with Crippen molar-refractivity contribution >= 4 is 11.0 Å². The maximum absolute atomic E-state index is 13.4. The Morgan fingerprint density at radius 3 is 2.72 bits per heavy atom. The summed E-state index contributed by atoms with van der Waals surface area (Å²) in [5, 5.41) is 0. The minimum atomic E-state index is -0.214. The molecule has 4 heteroatoms. The number of aromatic nitrogens is 2. The third kappa shape index (κ3) is 1.56. The van der Waals surface area contributed by atoms with Crippen molar-refractivity contribution in [2.24, 2.45) is 5.73 Å². The van der Waals surface area contributed by atoms with Crippen LogP contribution in [0.25, 0.3) is 11.0 Å². The van der Waals surface area contributed by atoms with E-state index in [-0.39, 0.29) is 17.3 Å². The van der Waals surface area contributed by atoms with Gasteiger partial charge in [0, 0.05) is 18.0 Å². The Balaban J connectivity index is 2.28. The Labute approximate surface area is 106 Å². The van der Waals surface area contributed by atoms with Crippen LogP contribution in [0.1, 0.15) is 38.6 Å².